The minimum absolute atomic E-state index is 0. The van der Waals surface area contributed by atoms with Gasteiger partial charge in [-0.25, -0.2) is 29.3 Å². The van der Waals surface area contributed by atoms with Crippen LogP contribution in [-0.2, 0) is 42.3 Å². The zero-order valence-electron chi connectivity index (χ0n) is 37.8. The Bertz CT molecular complexity index is 2980. The minimum Gasteiger partial charge on any atom is -0.521 e. The van der Waals surface area contributed by atoms with Gasteiger partial charge >= 0.3 is 0 Å². The molecule has 68 heavy (non-hydrogen) atoms. The van der Waals surface area contributed by atoms with E-state index in [1.54, 1.807) is 11.8 Å². The number of nitrogens with two attached hydrogens (primary N) is 2. The summed E-state index contributed by atoms with van der Waals surface area (Å²) in [6.45, 7) is 14.9. The van der Waals surface area contributed by atoms with E-state index in [0.29, 0.717) is 53.6 Å². The molecule has 8 aromatic rings. The molecule has 16 nitrogen and oxygen atoms in total. The molecule has 0 bridgehead atoms. The van der Waals surface area contributed by atoms with Gasteiger partial charge in [-0.3, -0.25) is 16.2 Å². The molecule has 0 unspecified atom stereocenters. The van der Waals surface area contributed by atoms with E-state index in [-0.39, 0.29) is 56.6 Å². The molecule has 2 fully saturated rings. The van der Waals surface area contributed by atoms with E-state index in [2.05, 4.69) is 39.7 Å². The Hall–Kier alpha value is -7.30. The maximum atomic E-state index is 12.2. The third kappa shape index (κ3) is 10.8. The molecule has 343 valence electrons. The molecule has 10 rings (SSSR count). The van der Waals surface area contributed by atoms with Crippen LogP contribution in [0.2, 0.25) is 0 Å². The predicted molar refractivity (Wildman–Crippen MR) is 259 cm³/mol. The number of rotatable bonds is 9. The third-order valence-electron chi connectivity index (χ3n) is 11.7. The molecular weight excluding hydrogens is 934 g/mol. The summed E-state index contributed by atoms with van der Waals surface area (Å²) in [6, 6.07) is 34.7. The SMILES string of the molecule is C=CC(=O)N1CCC[C@@H](n2nc(-c3ccc(Oc4ccccc4)cc3)c3c(N)ncnc32)C1.CC(=O)N1CCC[C@@H](n2nc(-c3ccc(Oc4ccccc4)cc3)c3c(N)ncnc32)C1.[CH-]=C.[Y]. The van der Waals surface area contributed by atoms with Gasteiger partial charge < -0.3 is 37.3 Å². The maximum Gasteiger partial charge on any atom is 0.246 e. The smallest absolute Gasteiger partial charge is 0.246 e. The number of fused-ring (bicyclic) bond motifs is 2. The van der Waals surface area contributed by atoms with Gasteiger partial charge in [0, 0.05) is 76.9 Å². The molecule has 2 atom stereocenters. The second-order valence-corrected chi connectivity index (χ2v) is 15.9. The molecule has 4 aromatic heterocycles. The fourth-order valence-corrected chi connectivity index (χ4v) is 8.44. The van der Waals surface area contributed by atoms with Gasteiger partial charge in [0.05, 0.1) is 22.9 Å². The molecule has 4 aromatic carbocycles. The van der Waals surface area contributed by atoms with E-state index in [4.69, 9.17) is 31.1 Å². The van der Waals surface area contributed by atoms with E-state index in [9.17, 15) is 9.59 Å². The van der Waals surface area contributed by atoms with E-state index in [1.165, 1.54) is 18.7 Å². The summed E-state index contributed by atoms with van der Waals surface area (Å²) >= 11 is 0. The van der Waals surface area contributed by atoms with Crippen molar-refractivity contribution < 1.29 is 51.8 Å². The quantitative estimate of drug-likeness (QED) is 0.103. The van der Waals surface area contributed by atoms with Crippen molar-refractivity contribution in [3.8, 4) is 45.5 Å². The van der Waals surface area contributed by atoms with E-state index >= 15 is 0 Å². The topological polar surface area (TPSA) is 198 Å². The Balaban J connectivity index is 0.000000192. The fourth-order valence-electron chi connectivity index (χ4n) is 8.44. The van der Waals surface area contributed by atoms with Gasteiger partial charge in [0.25, 0.3) is 0 Å². The van der Waals surface area contributed by atoms with Gasteiger partial charge in [-0.2, -0.15) is 10.2 Å². The average Bonchev–Trinajstić information content (AvgIpc) is 3.97. The Morgan fingerprint density at radius 2 is 1.01 bits per heavy atom. The Kier molecular flexibility index (Phi) is 16.1. The van der Waals surface area contributed by atoms with Gasteiger partial charge in [0.1, 0.15) is 58.7 Å². The molecule has 2 aliphatic rings. The summed E-state index contributed by atoms with van der Waals surface area (Å²) in [5.41, 5.74) is 17.1. The second-order valence-electron chi connectivity index (χ2n) is 15.9. The molecular formula is C51H51N12O4Y-. The number of aromatic nitrogens is 8. The fraction of sp³-hybridized carbons (Fsp3) is 0.216. The van der Waals surface area contributed by atoms with E-state index in [1.807, 2.05) is 123 Å². The molecule has 6 heterocycles. The summed E-state index contributed by atoms with van der Waals surface area (Å²) in [6.07, 6.45) is 7.89. The normalized spacial score (nSPS) is 15.5. The van der Waals surface area contributed by atoms with Crippen molar-refractivity contribution in [3.63, 3.8) is 0 Å². The molecule has 1 radical (unpaired) electrons. The van der Waals surface area contributed by atoms with Gasteiger partial charge in [0.2, 0.25) is 11.8 Å². The number of para-hydroxylation sites is 2. The molecule has 17 heteroatoms. The van der Waals surface area contributed by atoms with Crippen LogP contribution < -0.4 is 20.9 Å². The van der Waals surface area contributed by atoms with Crippen LogP contribution in [0.5, 0.6) is 23.0 Å². The Labute approximate surface area is 419 Å². The zero-order valence-corrected chi connectivity index (χ0v) is 40.6. The third-order valence-corrected chi connectivity index (χ3v) is 11.7. The van der Waals surface area contributed by atoms with Crippen molar-refractivity contribution in [2.45, 2.75) is 44.7 Å². The monoisotopic (exact) mass is 984 g/mol. The number of hydrogen-bond donors (Lipinski definition) is 2. The first-order valence-electron chi connectivity index (χ1n) is 22.0. The number of amides is 2. The number of hydrogen-bond acceptors (Lipinski definition) is 12. The zero-order chi connectivity index (χ0) is 46.9. The number of piperidine rings is 2. The van der Waals surface area contributed by atoms with Crippen LogP contribution in [0, 0.1) is 6.58 Å². The van der Waals surface area contributed by atoms with Crippen molar-refractivity contribution in [2.24, 2.45) is 0 Å². The molecule has 2 aliphatic heterocycles. The minimum atomic E-state index is -0.0699. The molecule has 2 saturated heterocycles. The summed E-state index contributed by atoms with van der Waals surface area (Å²) in [7, 11) is 0. The number of carbonyl (C=O) groups is 2. The van der Waals surface area contributed by atoms with Crippen molar-refractivity contribution in [3.05, 3.63) is 148 Å². The van der Waals surface area contributed by atoms with Crippen LogP contribution in [0.25, 0.3) is 44.6 Å². The Morgan fingerprint density at radius 3 is 1.43 bits per heavy atom. The van der Waals surface area contributed by atoms with Gasteiger partial charge in [-0.15, -0.1) is 0 Å². The molecule has 0 aliphatic carbocycles. The first kappa shape index (κ1) is 48.6. The first-order valence-corrected chi connectivity index (χ1v) is 22.0. The number of carbonyl (C=O) groups excluding carboxylic acids is 2. The molecule has 2 amide bonds. The maximum absolute atomic E-state index is 12.2. The first-order chi connectivity index (χ1) is 32.7. The van der Waals surface area contributed by atoms with Crippen molar-refractivity contribution in [1.82, 2.24) is 49.3 Å². The van der Waals surface area contributed by atoms with Crippen LogP contribution in [0.4, 0.5) is 11.6 Å². The largest absolute Gasteiger partial charge is 0.521 e. The number of nitrogen functional groups attached to an aromatic ring is 2. The summed E-state index contributed by atoms with van der Waals surface area (Å²) in [5, 5.41) is 11.2. The predicted octanol–water partition coefficient (Wildman–Crippen LogP) is 8.87. The van der Waals surface area contributed by atoms with Crippen LogP contribution in [-0.4, -0.2) is 87.3 Å². The summed E-state index contributed by atoms with van der Waals surface area (Å²) in [5.74, 6) is 3.78. The van der Waals surface area contributed by atoms with Gasteiger partial charge in [0.15, 0.2) is 11.3 Å². The number of nitrogens with zero attached hydrogens (tertiary/aromatic N) is 10. The van der Waals surface area contributed by atoms with Crippen LogP contribution >= 0.6 is 0 Å². The van der Waals surface area contributed by atoms with Gasteiger partial charge in [-0.1, -0.05) is 43.0 Å². The van der Waals surface area contributed by atoms with E-state index < -0.39 is 0 Å². The van der Waals surface area contributed by atoms with Crippen molar-refractivity contribution >= 4 is 45.5 Å². The van der Waals surface area contributed by atoms with Gasteiger partial charge in [-0.05, 0) is 105 Å². The van der Waals surface area contributed by atoms with Crippen molar-refractivity contribution in [2.75, 3.05) is 37.6 Å². The number of ether oxygens (including phenoxy) is 2. The molecule has 0 spiro atoms. The molecule has 4 N–H and O–H groups in total. The number of likely N-dealkylation sites (tertiary alicyclic amines) is 2. The van der Waals surface area contributed by atoms with E-state index in [0.717, 1.165) is 77.4 Å². The summed E-state index contributed by atoms with van der Waals surface area (Å²) in [4.78, 5) is 45.1. The Morgan fingerprint density at radius 1 is 0.618 bits per heavy atom. The van der Waals surface area contributed by atoms with Crippen molar-refractivity contribution in [1.29, 1.82) is 0 Å². The number of benzene rings is 4. The van der Waals surface area contributed by atoms with Crippen LogP contribution in [0.15, 0.2) is 141 Å². The molecule has 0 saturated carbocycles. The standard InChI is InChI=1S/C25H24N6O2.C24H24N6O2.C2H3.Y/c1-2-21(32)30-14-6-7-18(15-30)31-25-22(24(26)27-16-28-25)23(29-31)17-10-12-20(13-11-17)33-19-8-4-3-5-9-19;1-16(31)29-13-5-6-18(14-29)30-24-21(23(25)26-15-27-24)22(28-30)17-9-11-20(12-10-17)32-19-7-3-2-4-8-19;1-2;/h2-5,8-13,16,18H,1,6-7,14-15H2,(H2,26,27,28);2-4,7-12,15,18H,5-6,13-14H2,1H3,(H2,25,26,27);1H,2H2;/q;;-1;/t2*18-;;/m11../s1. The number of anilines is 2. The second kappa shape index (κ2) is 22.5. The van der Waals surface area contributed by atoms with Crippen LogP contribution in [0.1, 0.15) is 44.7 Å². The summed E-state index contributed by atoms with van der Waals surface area (Å²) < 4.78 is 15.6. The van der Waals surface area contributed by atoms with Crippen LogP contribution in [0.3, 0.4) is 0 Å². The average molecular weight is 985 g/mol.